The molecule has 1 rings (SSSR count). The zero-order chi connectivity index (χ0) is 10.9. The molecule has 0 aliphatic rings. The number of hydrogen-bond donors (Lipinski definition) is 2. The van der Waals surface area contributed by atoms with Gasteiger partial charge < -0.3 is 10.7 Å². The van der Waals surface area contributed by atoms with Crippen LogP contribution in [-0.4, -0.2) is 11.2 Å². The van der Waals surface area contributed by atoms with E-state index >= 15 is 0 Å². The van der Waals surface area contributed by atoms with Gasteiger partial charge in [0, 0.05) is 11.8 Å². The van der Waals surface area contributed by atoms with Crippen molar-refractivity contribution in [2.75, 3.05) is 0 Å². The van der Waals surface area contributed by atoms with Gasteiger partial charge in [0.1, 0.15) is 6.04 Å². The molecule has 0 spiro atoms. The highest BCUT2D eigenvalue weighted by Crippen LogP contribution is 2.30. The van der Waals surface area contributed by atoms with Crippen LogP contribution in [0.25, 0.3) is 0 Å². The normalized spacial score (nSPS) is 14.1. The Morgan fingerprint density at radius 1 is 1.43 bits per heavy atom. The average molecular weight is 206 g/mol. The number of halogens is 3. The predicted octanol–water partition coefficient (Wildman–Crippen LogP) is 1.25. The fraction of sp³-hybridized carbons (Fsp3) is 0.375. The third kappa shape index (κ3) is 2.14. The van der Waals surface area contributed by atoms with Crippen molar-refractivity contribution in [3.05, 3.63) is 33.7 Å². The van der Waals surface area contributed by atoms with Crippen LogP contribution in [0.15, 0.2) is 16.9 Å². The van der Waals surface area contributed by atoms with Crippen LogP contribution in [0.4, 0.5) is 13.2 Å². The number of nitrogens with one attached hydrogen (secondary N) is 1. The molecule has 1 aromatic rings. The number of aromatic amines is 1. The van der Waals surface area contributed by atoms with Gasteiger partial charge in [-0.1, -0.05) is 0 Å². The molecule has 0 aliphatic heterocycles. The lowest BCUT2D eigenvalue weighted by atomic mass is 10.1. The van der Waals surface area contributed by atoms with Gasteiger partial charge in [-0.3, -0.25) is 4.79 Å². The third-order valence-electron chi connectivity index (χ3n) is 1.85. The molecule has 1 aromatic heterocycles. The standard InChI is InChI=1S/C8H9F3N2O/c1-4-5(2-3-6(14)13-4)7(12)8(9,10)11/h2-3,7H,12H2,1H3,(H,13,14)/t7-/m0/s1. The number of H-pyrrole nitrogens is 1. The van der Waals surface area contributed by atoms with E-state index in [1.165, 1.54) is 6.92 Å². The van der Waals surface area contributed by atoms with Crippen LogP contribution in [0.5, 0.6) is 0 Å². The molecular weight excluding hydrogens is 197 g/mol. The summed E-state index contributed by atoms with van der Waals surface area (Å²) in [5.74, 6) is 0. The minimum atomic E-state index is -4.50. The van der Waals surface area contributed by atoms with Crippen LogP contribution in [0.1, 0.15) is 17.3 Å². The highest BCUT2D eigenvalue weighted by molar-refractivity contribution is 5.23. The van der Waals surface area contributed by atoms with Crippen molar-refractivity contribution in [2.45, 2.75) is 19.1 Å². The lowest BCUT2D eigenvalue weighted by Gasteiger charge is -2.17. The maximum Gasteiger partial charge on any atom is 0.407 e. The number of pyridine rings is 1. The number of alkyl halides is 3. The monoisotopic (exact) mass is 206 g/mol. The number of aryl methyl sites for hydroxylation is 1. The van der Waals surface area contributed by atoms with Crippen molar-refractivity contribution in [1.82, 2.24) is 4.98 Å². The van der Waals surface area contributed by atoms with Gasteiger partial charge in [0.05, 0.1) is 0 Å². The minimum absolute atomic E-state index is 0.114. The Labute approximate surface area is 77.7 Å². The topological polar surface area (TPSA) is 58.9 Å². The van der Waals surface area contributed by atoms with Gasteiger partial charge in [-0.25, -0.2) is 0 Å². The van der Waals surface area contributed by atoms with Crippen molar-refractivity contribution in [1.29, 1.82) is 0 Å². The smallest absolute Gasteiger partial charge is 0.326 e. The van der Waals surface area contributed by atoms with Crippen LogP contribution in [-0.2, 0) is 0 Å². The molecule has 1 atom stereocenters. The average Bonchev–Trinajstić information content (AvgIpc) is 2.01. The molecule has 3 N–H and O–H groups in total. The van der Waals surface area contributed by atoms with E-state index in [4.69, 9.17) is 5.73 Å². The molecule has 0 unspecified atom stereocenters. The van der Waals surface area contributed by atoms with E-state index < -0.39 is 17.8 Å². The van der Waals surface area contributed by atoms with E-state index in [9.17, 15) is 18.0 Å². The first kappa shape index (κ1) is 10.8. The summed E-state index contributed by atoms with van der Waals surface area (Å²) in [6, 6.07) is 0.0552. The molecule has 6 heteroatoms. The van der Waals surface area contributed by atoms with E-state index in [0.29, 0.717) is 0 Å². The summed E-state index contributed by atoms with van der Waals surface area (Å²) in [6.07, 6.45) is -4.50. The Balaban J connectivity index is 3.14. The molecule has 0 fully saturated rings. The zero-order valence-corrected chi connectivity index (χ0v) is 7.35. The molecule has 1 heterocycles. The Bertz CT molecular complexity index is 383. The Hall–Kier alpha value is -1.30. The second-order valence-electron chi connectivity index (χ2n) is 2.92. The summed E-state index contributed by atoms with van der Waals surface area (Å²) in [7, 11) is 0. The molecule has 0 bridgehead atoms. The first-order valence-electron chi connectivity index (χ1n) is 3.84. The van der Waals surface area contributed by atoms with E-state index in [1.54, 1.807) is 0 Å². The van der Waals surface area contributed by atoms with Crippen molar-refractivity contribution < 1.29 is 13.2 Å². The fourth-order valence-corrected chi connectivity index (χ4v) is 1.10. The van der Waals surface area contributed by atoms with E-state index in [2.05, 4.69) is 4.98 Å². The van der Waals surface area contributed by atoms with Crippen molar-refractivity contribution >= 4 is 0 Å². The van der Waals surface area contributed by atoms with Gasteiger partial charge in [-0.2, -0.15) is 13.2 Å². The fourth-order valence-electron chi connectivity index (χ4n) is 1.10. The van der Waals surface area contributed by atoms with Gasteiger partial charge in [-0.05, 0) is 18.6 Å². The number of nitrogens with two attached hydrogens (primary N) is 1. The maximum absolute atomic E-state index is 12.2. The van der Waals surface area contributed by atoms with Crippen LogP contribution in [0.3, 0.4) is 0 Å². The van der Waals surface area contributed by atoms with E-state index in [-0.39, 0.29) is 11.3 Å². The Kier molecular flexibility index (Phi) is 2.66. The lowest BCUT2D eigenvalue weighted by Crippen LogP contribution is -2.30. The van der Waals surface area contributed by atoms with Gasteiger partial charge in [0.2, 0.25) is 5.56 Å². The van der Waals surface area contributed by atoms with Crippen LogP contribution >= 0.6 is 0 Å². The number of hydrogen-bond acceptors (Lipinski definition) is 2. The quantitative estimate of drug-likeness (QED) is 0.726. The summed E-state index contributed by atoms with van der Waals surface area (Å²) in [5, 5.41) is 0. The van der Waals surface area contributed by atoms with Crippen molar-refractivity contribution in [3.8, 4) is 0 Å². The summed E-state index contributed by atoms with van der Waals surface area (Å²) in [5.41, 5.74) is 4.56. The maximum atomic E-state index is 12.2. The highest BCUT2D eigenvalue weighted by Gasteiger charge is 2.38. The van der Waals surface area contributed by atoms with E-state index in [1.807, 2.05) is 0 Å². The van der Waals surface area contributed by atoms with Crippen LogP contribution < -0.4 is 11.3 Å². The number of rotatable bonds is 1. The molecule has 0 radical (unpaired) electrons. The first-order valence-corrected chi connectivity index (χ1v) is 3.84. The zero-order valence-electron chi connectivity index (χ0n) is 7.35. The van der Waals surface area contributed by atoms with Crippen LogP contribution in [0.2, 0.25) is 0 Å². The Morgan fingerprint density at radius 3 is 2.43 bits per heavy atom. The molecular formula is C8H9F3N2O. The summed E-state index contributed by atoms with van der Waals surface area (Å²) < 4.78 is 36.6. The van der Waals surface area contributed by atoms with Gasteiger partial charge in [0.15, 0.2) is 0 Å². The molecule has 0 aliphatic carbocycles. The highest BCUT2D eigenvalue weighted by atomic mass is 19.4. The molecule has 0 saturated heterocycles. The summed E-state index contributed by atoms with van der Waals surface area (Å²) in [4.78, 5) is 13.0. The molecule has 0 saturated carbocycles. The molecule has 0 aromatic carbocycles. The van der Waals surface area contributed by atoms with Crippen molar-refractivity contribution in [3.63, 3.8) is 0 Å². The molecule has 3 nitrogen and oxygen atoms in total. The predicted molar refractivity (Wildman–Crippen MR) is 44.8 cm³/mol. The second kappa shape index (κ2) is 3.45. The summed E-state index contributed by atoms with van der Waals surface area (Å²) >= 11 is 0. The Morgan fingerprint density at radius 2 is 2.00 bits per heavy atom. The second-order valence-corrected chi connectivity index (χ2v) is 2.92. The molecule has 0 amide bonds. The lowest BCUT2D eigenvalue weighted by molar-refractivity contribution is -0.149. The van der Waals surface area contributed by atoms with Gasteiger partial charge >= 0.3 is 6.18 Å². The molecule has 78 valence electrons. The van der Waals surface area contributed by atoms with Gasteiger partial charge in [-0.15, -0.1) is 0 Å². The largest absolute Gasteiger partial charge is 0.407 e. The van der Waals surface area contributed by atoms with Crippen LogP contribution in [0, 0.1) is 6.92 Å². The SMILES string of the molecule is Cc1[nH]c(=O)ccc1[C@H](N)C(F)(F)F. The van der Waals surface area contributed by atoms with Gasteiger partial charge in [0.25, 0.3) is 0 Å². The third-order valence-corrected chi connectivity index (χ3v) is 1.85. The summed E-state index contributed by atoms with van der Waals surface area (Å²) in [6.45, 7) is 1.38. The van der Waals surface area contributed by atoms with Crippen molar-refractivity contribution in [2.24, 2.45) is 5.73 Å². The number of aromatic nitrogens is 1. The first-order chi connectivity index (χ1) is 6.32. The van der Waals surface area contributed by atoms with E-state index in [0.717, 1.165) is 12.1 Å². The minimum Gasteiger partial charge on any atom is -0.326 e. The molecule has 14 heavy (non-hydrogen) atoms.